The summed E-state index contributed by atoms with van der Waals surface area (Å²) in [6.07, 6.45) is 2.62. The summed E-state index contributed by atoms with van der Waals surface area (Å²) in [6.45, 7) is 6.88. The topological polar surface area (TPSA) is 129 Å². The number of thiazole rings is 1. The zero-order valence-corrected chi connectivity index (χ0v) is 20.9. The molecule has 10 nitrogen and oxygen atoms in total. The Morgan fingerprint density at radius 3 is 2.80 bits per heavy atom. The third-order valence-electron chi connectivity index (χ3n) is 5.87. The van der Waals surface area contributed by atoms with Gasteiger partial charge in [-0.2, -0.15) is 5.10 Å². The molecule has 0 aliphatic carbocycles. The van der Waals surface area contributed by atoms with Crippen LogP contribution in [-0.2, 0) is 14.3 Å². The molecular formula is C24H30N6O4S. The van der Waals surface area contributed by atoms with Gasteiger partial charge < -0.3 is 20.3 Å². The second kappa shape index (κ2) is 10.4. The van der Waals surface area contributed by atoms with Gasteiger partial charge in [0.2, 0.25) is 5.78 Å². The van der Waals surface area contributed by atoms with Gasteiger partial charge in [-0.05, 0) is 24.0 Å². The number of rotatable bonds is 9. The van der Waals surface area contributed by atoms with Crippen LogP contribution in [0.15, 0.2) is 36.5 Å². The molecule has 3 aromatic rings. The molecule has 186 valence electrons. The Morgan fingerprint density at radius 1 is 1.29 bits per heavy atom. The summed E-state index contributed by atoms with van der Waals surface area (Å²) in [5, 5.41) is 12.2. The number of aromatic nitrogens is 3. The van der Waals surface area contributed by atoms with Crippen molar-refractivity contribution in [1.82, 2.24) is 20.5 Å². The number of nitrogens with one attached hydrogen (secondary N) is 3. The highest BCUT2D eigenvalue weighted by molar-refractivity contribution is 7.22. The van der Waals surface area contributed by atoms with Gasteiger partial charge in [-0.1, -0.05) is 57.1 Å². The highest BCUT2D eigenvalue weighted by Crippen LogP contribution is 2.40. The molecule has 11 heteroatoms. The molecule has 3 heterocycles. The van der Waals surface area contributed by atoms with E-state index >= 15 is 0 Å². The molecule has 0 radical (unpaired) electrons. The maximum absolute atomic E-state index is 12.9. The fraction of sp³-hybridized carbons (Fsp3) is 0.458. The molecule has 1 fully saturated rings. The highest BCUT2D eigenvalue weighted by atomic mass is 32.1. The number of aromatic amines is 1. The second-order valence-corrected chi connectivity index (χ2v) is 10.5. The molecule has 3 N–H and O–H groups in total. The largest absolute Gasteiger partial charge is 0.425 e. The first-order valence-corrected chi connectivity index (χ1v) is 12.5. The highest BCUT2D eigenvalue weighted by Gasteiger charge is 2.41. The second-order valence-electron chi connectivity index (χ2n) is 9.45. The van der Waals surface area contributed by atoms with Crippen molar-refractivity contribution < 1.29 is 19.1 Å². The number of carbonyl (C=O) groups is 3. The number of benzene rings is 1. The maximum Gasteiger partial charge on any atom is 0.409 e. The van der Waals surface area contributed by atoms with Crippen LogP contribution < -0.4 is 15.5 Å². The number of H-pyrrole nitrogens is 1. The molecule has 2 atom stereocenters. The monoisotopic (exact) mass is 498 g/mol. The lowest BCUT2D eigenvalue weighted by Crippen LogP contribution is -2.47. The van der Waals surface area contributed by atoms with E-state index < -0.39 is 30.1 Å². The first-order valence-electron chi connectivity index (χ1n) is 11.7. The van der Waals surface area contributed by atoms with E-state index in [-0.39, 0.29) is 5.41 Å². The summed E-state index contributed by atoms with van der Waals surface area (Å²) in [5.74, 6) is -1.26. The van der Waals surface area contributed by atoms with Crippen LogP contribution in [0.2, 0.25) is 0 Å². The number of Topliss-reactive ketones (excluding diaryl/α,β-unsaturated/α-hetero) is 1. The molecular weight excluding hydrogens is 468 g/mol. The third-order valence-corrected chi connectivity index (χ3v) is 6.95. The summed E-state index contributed by atoms with van der Waals surface area (Å²) < 4.78 is 6.86. The number of hydrogen-bond acceptors (Lipinski definition) is 8. The van der Waals surface area contributed by atoms with E-state index in [1.165, 1.54) is 12.3 Å². The van der Waals surface area contributed by atoms with Crippen molar-refractivity contribution in [3.05, 3.63) is 36.5 Å². The quantitative estimate of drug-likeness (QED) is 0.379. The number of hydrogen-bond donors (Lipinski definition) is 3. The number of carbonyl (C=O) groups excluding carboxylic acids is 3. The van der Waals surface area contributed by atoms with Crippen molar-refractivity contribution >= 4 is 50.3 Å². The van der Waals surface area contributed by atoms with E-state index in [0.717, 1.165) is 21.8 Å². The first-order chi connectivity index (χ1) is 16.8. The van der Waals surface area contributed by atoms with Gasteiger partial charge in [0, 0.05) is 19.0 Å². The lowest BCUT2D eigenvalue weighted by molar-refractivity contribution is -0.136. The van der Waals surface area contributed by atoms with E-state index in [0.29, 0.717) is 31.6 Å². The van der Waals surface area contributed by atoms with Crippen LogP contribution in [0.5, 0.6) is 0 Å². The summed E-state index contributed by atoms with van der Waals surface area (Å²) in [5.41, 5.74) is 0.804. The number of ether oxygens (including phenoxy) is 1. The van der Waals surface area contributed by atoms with Gasteiger partial charge in [-0.3, -0.25) is 14.7 Å². The van der Waals surface area contributed by atoms with Gasteiger partial charge in [0.25, 0.3) is 5.91 Å². The van der Waals surface area contributed by atoms with Crippen molar-refractivity contribution in [2.45, 2.75) is 58.7 Å². The molecule has 4 rings (SSSR count). The van der Waals surface area contributed by atoms with E-state index in [1.54, 1.807) is 11.3 Å². The lowest BCUT2D eigenvalue weighted by atomic mass is 9.93. The first kappa shape index (κ1) is 24.6. The molecule has 0 bridgehead atoms. The van der Waals surface area contributed by atoms with Gasteiger partial charge in [-0.15, -0.1) is 0 Å². The molecule has 1 aromatic carbocycles. The molecule has 2 aromatic heterocycles. The molecule has 0 saturated carbocycles. The number of fused-ring (bicyclic) bond motifs is 1. The van der Waals surface area contributed by atoms with Crippen LogP contribution in [0.25, 0.3) is 10.2 Å². The van der Waals surface area contributed by atoms with Gasteiger partial charge in [-0.25, -0.2) is 9.78 Å². The van der Waals surface area contributed by atoms with Crippen LogP contribution in [0.3, 0.4) is 0 Å². The molecule has 2 amide bonds. The Labute approximate surface area is 207 Å². The number of nitrogens with zero attached hydrogens (tertiary/aromatic N) is 3. The molecule has 2 unspecified atom stereocenters. The number of anilines is 2. The molecule has 1 saturated heterocycles. The van der Waals surface area contributed by atoms with Crippen LogP contribution >= 0.6 is 11.3 Å². The maximum atomic E-state index is 12.9. The molecule has 1 aliphatic rings. The standard InChI is InChI=1S/C24H30N6O4S/c1-4-5-8-16(20(31)21(32)28-18-11-12-25-29-18)27-23(33)34-19-13-24(2,3)14-30(19)22-26-15-9-6-7-10-17(15)35-22/h6-7,9-12,16,19H,4-5,8,13-14H2,1-3H3,(H,27,33)(H2,25,28,29,32). The minimum atomic E-state index is -0.990. The molecule has 35 heavy (non-hydrogen) atoms. The van der Waals surface area contributed by atoms with Crippen molar-refractivity contribution in [2.75, 3.05) is 16.8 Å². The SMILES string of the molecule is CCCCC(NC(=O)OC1CC(C)(C)CN1c1nc2ccccc2s1)C(=O)C(=O)Nc1ccn[nH]1. The van der Waals surface area contributed by atoms with Gasteiger partial charge in [0.15, 0.2) is 11.4 Å². The van der Waals surface area contributed by atoms with Crippen molar-refractivity contribution in [3.8, 4) is 0 Å². The third kappa shape index (κ3) is 5.97. The lowest BCUT2D eigenvalue weighted by Gasteiger charge is -2.25. The average Bonchev–Trinajstić information content (AvgIpc) is 3.54. The normalized spacial score (nSPS) is 17.8. The minimum absolute atomic E-state index is 0.0931. The number of para-hydroxylation sites is 1. The number of unbranched alkanes of at least 4 members (excludes halogenated alkanes) is 1. The predicted molar refractivity (Wildman–Crippen MR) is 134 cm³/mol. The van der Waals surface area contributed by atoms with Crippen LogP contribution in [0.4, 0.5) is 15.7 Å². The molecule has 0 spiro atoms. The van der Waals surface area contributed by atoms with Crippen molar-refractivity contribution in [1.29, 1.82) is 0 Å². The number of amides is 2. The molecule has 1 aliphatic heterocycles. The van der Waals surface area contributed by atoms with Gasteiger partial charge in [0.1, 0.15) is 11.9 Å². The Hall–Kier alpha value is -3.47. The fourth-order valence-corrected chi connectivity index (χ4v) is 5.14. The Kier molecular flexibility index (Phi) is 7.34. The summed E-state index contributed by atoms with van der Waals surface area (Å²) >= 11 is 1.55. The Morgan fingerprint density at radius 2 is 2.09 bits per heavy atom. The van der Waals surface area contributed by atoms with E-state index in [1.807, 2.05) is 36.1 Å². The zero-order chi connectivity index (χ0) is 25.0. The minimum Gasteiger partial charge on any atom is -0.425 e. The van der Waals surface area contributed by atoms with Crippen molar-refractivity contribution in [3.63, 3.8) is 0 Å². The summed E-state index contributed by atoms with van der Waals surface area (Å²) in [4.78, 5) is 44.9. The van der Waals surface area contributed by atoms with E-state index in [2.05, 4.69) is 34.7 Å². The van der Waals surface area contributed by atoms with Crippen LogP contribution in [0, 0.1) is 5.41 Å². The average molecular weight is 499 g/mol. The Balaban J connectivity index is 1.45. The van der Waals surface area contributed by atoms with Gasteiger partial charge in [0.05, 0.1) is 16.4 Å². The van der Waals surface area contributed by atoms with Gasteiger partial charge >= 0.3 is 6.09 Å². The number of alkyl carbamates (subject to hydrolysis) is 1. The summed E-state index contributed by atoms with van der Waals surface area (Å²) in [6, 6.07) is 8.42. The van der Waals surface area contributed by atoms with Crippen LogP contribution in [0.1, 0.15) is 46.5 Å². The number of ketones is 1. The smallest absolute Gasteiger partial charge is 0.409 e. The van der Waals surface area contributed by atoms with Crippen LogP contribution in [-0.4, -0.2) is 51.8 Å². The van der Waals surface area contributed by atoms with E-state index in [4.69, 9.17) is 9.72 Å². The fourth-order valence-electron chi connectivity index (χ4n) is 4.13. The zero-order valence-electron chi connectivity index (χ0n) is 20.0. The summed E-state index contributed by atoms with van der Waals surface area (Å²) in [7, 11) is 0. The van der Waals surface area contributed by atoms with E-state index in [9.17, 15) is 14.4 Å². The van der Waals surface area contributed by atoms with Crippen molar-refractivity contribution in [2.24, 2.45) is 5.41 Å². The predicted octanol–water partition coefficient (Wildman–Crippen LogP) is 4.07. The Bertz CT molecular complexity index is 1160.